The number of hydrogen-bond acceptors (Lipinski definition) is 4. The van der Waals surface area contributed by atoms with Gasteiger partial charge in [-0.05, 0) is 68.8 Å². The van der Waals surface area contributed by atoms with Crippen molar-refractivity contribution < 1.29 is 22.4 Å². The normalized spacial score (nSPS) is 12.2. The fraction of sp³-hybridized carbons (Fsp3) is 0.286. The molecule has 0 fully saturated rings. The van der Waals surface area contributed by atoms with E-state index in [0.29, 0.717) is 15.6 Å². The number of nitrogens with zero attached hydrogens (tertiary/aromatic N) is 2. The summed E-state index contributed by atoms with van der Waals surface area (Å²) in [5, 5.41) is 3.43. The molecule has 1 atom stereocenters. The van der Waals surface area contributed by atoms with Crippen LogP contribution in [-0.4, -0.2) is 43.8 Å². The zero-order valence-corrected chi connectivity index (χ0v) is 24.1. The molecule has 0 saturated heterocycles. The third-order valence-electron chi connectivity index (χ3n) is 5.93. The molecule has 0 aliphatic rings. The molecule has 0 spiro atoms. The second-order valence-electron chi connectivity index (χ2n) is 9.11. The van der Waals surface area contributed by atoms with Crippen LogP contribution in [0.5, 0.6) is 0 Å². The van der Waals surface area contributed by atoms with Gasteiger partial charge < -0.3 is 10.2 Å². The van der Waals surface area contributed by atoms with E-state index in [9.17, 15) is 22.4 Å². The average Bonchev–Trinajstić information content (AvgIpc) is 2.89. The summed E-state index contributed by atoms with van der Waals surface area (Å²) in [4.78, 5) is 28.2. The third kappa shape index (κ3) is 7.50. The van der Waals surface area contributed by atoms with Gasteiger partial charge in [0, 0.05) is 28.2 Å². The first-order valence-corrected chi connectivity index (χ1v) is 14.5. The van der Waals surface area contributed by atoms with Crippen LogP contribution in [0.2, 0.25) is 10.0 Å². The second-order valence-corrected chi connectivity index (χ2v) is 11.8. The first-order valence-electron chi connectivity index (χ1n) is 12.3. The third-order valence-corrected chi connectivity index (χ3v) is 8.43. The highest BCUT2D eigenvalue weighted by atomic mass is 35.5. The Balaban J connectivity index is 2.08. The van der Waals surface area contributed by atoms with Crippen molar-refractivity contribution in [2.45, 2.75) is 50.7 Å². The van der Waals surface area contributed by atoms with E-state index in [2.05, 4.69) is 5.32 Å². The molecule has 0 aliphatic carbocycles. The van der Waals surface area contributed by atoms with E-state index >= 15 is 0 Å². The average molecular weight is 595 g/mol. The van der Waals surface area contributed by atoms with Crippen LogP contribution in [0.3, 0.4) is 0 Å². The lowest BCUT2D eigenvalue weighted by Gasteiger charge is -2.34. The zero-order valence-electron chi connectivity index (χ0n) is 21.8. The summed E-state index contributed by atoms with van der Waals surface area (Å²) >= 11 is 12.8. The van der Waals surface area contributed by atoms with Gasteiger partial charge in [-0.1, -0.05) is 54.4 Å². The molecular weight excluding hydrogens is 564 g/mol. The van der Waals surface area contributed by atoms with Crippen LogP contribution in [0.25, 0.3) is 0 Å². The van der Waals surface area contributed by atoms with E-state index in [1.165, 1.54) is 4.90 Å². The molecule has 0 heterocycles. The smallest absolute Gasteiger partial charge is 0.264 e. The summed E-state index contributed by atoms with van der Waals surface area (Å²) in [6, 6.07) is 16.2. The molecule has 0 radical (unpaired) electrons. The second kappa shape index (κ2) is 13.3. The van der Waals surface area contributed by atoms with Gasteiger partial charge in [0.25, 0.3) is 10.0 Å². The van der Waals surface area contributed by atoms with Crippen molar-refractivity contribution in [3.63, 3.8) is 0 Å². The summed E-state index contributed by atoms with van der Waals surface area (Å²) in [5.41, 5.74) is 0.656. The maximum Gasteiger partial charge on any atom is 0.264 e. The van der Waals surface area contributed by atoms with Crippen molar-refractivity contribution in [3.8, 4) is 0 Å². The minimum atomic E-state index is -4.29. The quantitative estimate of drug-likeness (QED) is 0.311. The molecule has 1 unspecified atom stereocenters. The van der Waals surface area contributed by atoms with Crippen LogP contribution in [0.15, 0.2) is 77.7 Å². The van der Waals surface area contributed by atoms with Gasteiger partial charge in [-0.15, -0.1) is 0 Å². The fourth-order valence-electron chi connectivity index (χ4n) is 4.01. The molecule has 1 N–H and O–H groups in total. The van der Waals surface area contributed by atoms with Crippen molar-refractivity contribution in [1.29, 1.82) is 0 Å². The predicted molar refractivity (Wildman–Crippen MR) is 152 cm³/mol. The standard InChI is InChI=1S/C28H30Cl2FN3O4S/c1-4-26(28(36)32-19(2)3)33(17-23-24(29)11-8-12-25(23)30)27(35)18-34(21-9-6-5-7-10-21)39(37,38)22-15-13-20(31)14-16-22/h5-16,19,26H,4,17-18H2,1-3H3,(H,32,36). The lowest BCUT2D eigenvalue weighted by Crippen LogP contribution is -2.53. The van der Waals surface area contributed by atoms with Crippen molar-refractivity contribution in [1.82, 2.24) is 10.2 Å². The van der Waals surface area contributed by atoms with Crippen molar-refractivity contribution >= 4 is 50.7 Å². The molecule has 3 aromatic rings. The van der Waals surface area contributed by atoms with E-state index in [1.807, 2.05) is 0 Å². The number of hydrogen-bond donors (Lipinski definition) is 1. The number of para-hydroxylation sites is 1. The predicted octanol–water partition coefficient (Wildman–Crippen LogP) is 5.66. The Morgan fingerprint density at radius 1 is 0.923 bits per heavy atom. The van der Waals surface area contributed by atoms with Crippen LogP contribution in [0.4, 0.5) is 10.1 Å². The number of halogens is 3. The molecule has 0 aromatic heterocycles. The molecular formula is C28H30Cl2FN3O4S. The summed E-state index contributed by atoms with van der Waals surface area (Å²) in [6.45, 7) is 4.60. The number of sulfonamides is 1. The molecule has 208 valence electrons. The van der Waals surface area contributed by atoms with Crippen LogP contribution in [0.1, 0.15) is 32.8 Å². The number of nitrogens with one attached hydrogen (secondary N) is 1. The van der Waals surface area contributed by atoms with Crippen LogP contribution in [0, 0.1) is 5.82 Å². The maximum atomic E-state index is 14.0. The first kappa shape index (κ1) is 30.4. The Kier molecular flexibility index (Phi) is 10.4. The van der Waals surface area contributed by atoms with Crippen molar-refractivity contribution in [3.05, 3.63) is 94.2 Å². The number of carbonyl (C=O) groups excluding carboxylic acids is 2. The number of benzene rings is 3. The van der Waals surface area contributed by atoms with Crippen LogP contribution in [-0.2, 0) is 26.2 Å². The highest BCUT2D eigenvalue weighted by Crippen LogP contribution is 2.28. The van der Waals surface area contributed by atoms with E-state index in [0.717, 1.165) is 28.6 Å². The van der Waals surface area contributed by atoms with Gasteiger partial charge in [-0.2, -0.15) is 0 Å². The minimum Gasteiger partial charge on any atom is -0.352 e. The molecule has 11 heteroatoms. The van der Waals surface area contributed by atoms with Gasteiger partial charge in [0.05, 0.1) is 10.6 Å². The summed E-state index contributed by atoms with van der Waals surface area (Å²) in [6.07, 6.45) is 0.252. The molecule has 0 saturated carbocycles. The van der Waals surface area contributed by atoms with E-state index in [-0.39, 0.29) is 29.6 Å². The fourth-order valence-corrected chi connectivity index (χ4v) is 5.94. The Morgan fingerprint density at radius 2 is 1.51 bits per heavy atom. The highest BCUT2D eigenvalue weighted by molar-refractivity contribution is 7.92. The SMILES string of the molecule is CCC(C(=O)NC(C)C)N(Cc1c(Cl)cccc1Cl)C(=O)CN(c1ccccc1)S(=O)(=O)c1ccc(F)cc1. The van der Waals surface area contributed by atoms with Gasteiger partial charge >= 0.3 is 0 Å². The van der Waals surface area contributed by atoms with Crippen LogP contribution < -0.4 is 9.62 Å². The monoisotopic (exact) mass is 593 g/mol. The first-order chi connectivity index (χ1) is 18.4. The van der Waals surface area contributed by atoms with Crippen LogP contribution >= 0.6 is 23.2 Å². The largest absolute Gasteiger partial charge is 0.352 e. The van der Waals surface area contributed by atoms with Gasteiger partial charge in [-0.3, -0.25) is 13.9 Å². The summed E-state index contributed by atoms with van der Waals surface area (Å²) in [5.74, 6) is -1.64. The summed E-state index contributed by atoms with van der Waals surface area (Å²) in [7, 11) is -4.29. The number of amides is 2. The topological polar surface area (TPSA) is 86.8 Å². The Morgan fingerprint density at radius 3 is 2.05 bits per heavy atom. The van der Waals surface area contributed by atoms with Gasteiger partial charge in [0.2, 0.25) is 11.8 Å². The molecule has 39 heavy (non-hydrogen) atoms. The van der Waals surface area contributed by atoms with E-state index < -0.39 is 40.2 Å². The van der Waals surface area contributed by atoms with Crippen molar-refractivity contribution in [2.75, 3.05) is 10.8 Å². The lowest BCUT2D eigenvalue weighted by atomic mass is 10.1. The number of carbonyl (C=O) groups is 2. The zero-order chi connectivity index (χ0) is 28.7. The molecule has 0 bridgehead atoms. The molecule has 3 aromatic carbocycles. The molecule has 0 aliphatic heterocycles. The number of anilines is 1. The number of rotatable bonds is 11. The maximum absolute atomic E-state index is 14.0. The van der Waals surface area contributed by atoms with Crippen molar-refractivity contribution in [2.24, 2.45) is 0 Å². The molecule has 7 nitrogen and oxygen atoms in total. The van der Waals surface area contributed by atoms with Gasteiger partial charge in [0.15, 0.2) is 0 Å². The molecule has 3 rings (SSSR count). The highest BCUT2D eigenvalue weighted by Gasteiger charge is 2.34. The Hall–Kier alpha value is -3.14. The lowest BCUT2D eigenvalue weighted by molar-refractivity contribution is -0.140. The Bertz CT molecular complexity index is 1380. The van der Waals surface area contributed by atoms with E-state index in [4.69, 9.17) is 23.2 Å². The minimum absolute atomic E-state index is 0.124. The van der Waals surface area contributed by atoms with E-state index in [1.54, 1.807) is 69.3 Å². The Labute approximate surface area is 238 Å². The molecule has 2 amide bonds. The van der Waals surface area contributed by atoms with Gasteiger partial charge in [0.1, 0.15) is 18.4 Å². The summed E-state index contributed by atoms with van der Waals surface area (Å²) < 4.78 is 41.9. The van der Waals surface area contributed by atoms with Gasteiger partial charge in [-0.25, -0.2) is 12.8 Å².